The van der Waals surface area contributed by atoms with E-state index >= 15 is 0 Å². The third-order valence-corrected chi connectivity index (χ3v) is 7.71. The second kappa shape index (κ2) is 7.69. The zero-order chi connectivity index (χ0) is 20.6. The maximum atomic E-state index is 13.2. The van der Waals surface area contributed by atoms with Gasteiger partial charge in [0.2, 0.25) is 10.0 Å². The van der Waals surface area contributed by atoms with Gasteiger partial charge in [0.05, 0.1) is 12.0 Å². The summed E-state index contributed by atoms with van der Waals surface area (Å²) in [5.74, 6) is 0.760. The van der Waals surface area contributed by atoms with E-state index < -0.39 is 10.0 Å². The molecular weight excluding hydrogens is 384 g/mol. The molecule has 0 radical (unpaired) electrons. The van der Waals surface area contributed by atoms with Crippen LogP contribution in [-0.4, -0.2) is 46.0 Å². The van der Waals surface area contributed by atoms with Crippen molar-refractivity contribution in [1.29, 1.82) is 0 Å². The van der Waals surface area contributed by atoms with Gasteiger partial charge in [0, 0.05) is 31.9 Å². The quantitative estimate of drug-likeness (QED) is 0.653. The van der Waals surface area contributed by atoms with E-state index in [9.17, 15) is 8.42 Å². The van der Waals surface area contributed by atoms with Crippen LogP contribution in [0, 0.1) is 13.8 Å². The summed E-state index contributed by atoms with van der Waals surface area (Å²) < 4.78 is 33.2. The number of hydrogen-bond acceptors (Lipinski definition) is 4. The monoisotopic (exact) mass is 410 g/mol. The van der Waals surface area contributed by atoms with Crippen LogP contribution in [0.1, 0.15) is 11.1 Å². The molecule has 6 heteroatoms. The number of benzene rings is 3. The van der Waals surface area contributed by atoms with Gasteiger partial charge in [-0.25, -0.2) is 8.42 Å². The maximum absolute atomic E-state index is 13.2. The SMILES string of the molecule is COc1ccc2cc(S(=O)(=O)N3CCN(c4cccc(C)c4C)CC3)ccc2c1. The van der Waals surface area contributed by atoms with E-state index in [-0.39, 0.29) is 0 Å². The van der Waals surface area contributed by atoms with Crippen molar-refractivity contribution in [1.82, 2.24) is 4.31 Å². The lowest BCUT2D eigenvalue weighted by atomic mass is 10.1. The number of hydrogen-bond donors (Lipinski definition) is 0. The Morgan fingerprint density at radius 3 is 2.28 bits per heavy atom. The molecule has 3 aromatic carbocycles. The predicted octanol–water partition coefficient (Wildman–Crippen LogP) is 3.98. The minimum atomic E-state index is -3.52. The number of sulfonamides is 1. The van der Waals surface area contributed by atoms with Crippen LogP contribution >= 0.6 is 0 Å². The van der Waals surface area contributed by atoms with Gasteiger partial charge in [-0.05, 0) is 66.1 Å². The Morgan fingerprint density at radius 2 is 1.55 bits per heavy atom. The molecule has 0 atom stereocenters. The molecule has 0 aliphatic carbocycles. The first-order valence-electron chi connectivity index (χ1n) is 9.79. The molecular formula is C23H26N2O3S. The van der Waals surface area contributed by atoms with Gasteiger partial charge in [0.1, 0.15) is 5.75 Å². The van der Waals surface area contributed by atoms with Gasteiger partial charge >= 0.3 is 0 Å². The first kappa shape index (κ1) is 19.7. The largest absolute Gasteiger partial charge is 0.497 e. The van der Waals surface area contributed by atoms with Crippen molar-refractivity contribution in [3.8, 4) is 5.75 Å². The van der Waals surface area contributed by atoms with Crippen molar-refractivity contribution in [3.05, 3.63) is 65.7 Å². The first-order chi connectivity index (χ1) is 13.9. The normalized spacial score (nSPS) is 15.6. The molecule has 4 rings (SSSR count). The zero-order valence-corrected chi connectivity index (χ0v) is 17.9. The molecule has 3 aromatic rings. The minimum Gasteiger partial charge on any atom is -0.497 e. The van der Waals surface area contributed by atoms with Crippen LogP contribution in [0.2, 0.25) is 0 Å². The van der Waals surface area contributed by atoms with E-state index in [0.29, 0.717) is 31.1 Å². The lowest BCUT2D eigenvalue weighted by molar-refractivity contribution is 0.385. The fourth-order valence-electron chi connectivity index (χ4n) is 3.89. The van der Waals surface area contributed by atoms with Gasteiger partial charge in [-0.15, -0.1) is 0 Å². The van der Waals surface area contributed by atoms with Gasteiger partial charge in [0.25, 0.3) is 0 Å². The van der Waals surface area contributed by atoms with Gasteiger partial charge in [0.15, 0.2) is 0 Å². The average Bonchev–Trinajstić information content (AvgIpc) is 2.75. The third kappa shape index (κ3) is 3.70. The van der Waals surface area contributed by atoms with Crippen LogP contribution < -0.4 is 9.64 Å². The highest BCUT2D eigenvalue weighted by Gasteiger charge is 2.29. The number of fused-ring (bicyclic) bond motifs is 1. The van der Waals surface area contributed by atoms with E-state index in [4.69, 9.17) is 4.74 Å². The fraction of sp³-hybridized carbons (Fsp3) is 0.304. The summed E-state index contributed by atoms with van der Waals surface area (Å²) in [6.07, 6.45) is 0. The molecule has 0 saturated carbocycles. The number of ether oxygens (including phenoxy) is 1. The van der Waals surface area contributed by atoms with Crippen molar-refractivity contribution >= 4 is 26.5 Å². The Hall–Kier alpha value is -2.57. The Kier molecular flexibility index (Phi) is 5.23. The Labute approximate surface area is 172 Å². The number of methoxy groups -OCH3 is 1. The van der Waals surface area contributed by atoms with Crippen molar-refractivity contribution in [3.63, 3.8) is 0 Å². The summed E-state index contributed by atoms with van der Waals surface area (Å²) in [5, 5.41) is 1.85. The van der Waals surface area contributed by atoms with E-state index in [2.05, 4.69) is 36.9 Å². The van der Waals surface area contributed by atoms with Crippen molar-refractivity contribution in [2.24, 2.45) is 0 Å². The molecule has 0 bridgehead atoms. The number of aryl methyl sites for hydroxylation is 1. The molecule has 0 aromatic heterocycles. The van der Waals surface area contributed by atoms with Gasteiger partial charge in [-0.2, -0.15) is 4.31 Å². The Bertz CT molecular complexity index is 1150. The predicted molar refractivity (Wildman–Crippen MR) is 117 cm³/mol. The summed E-state index contributed by atoms with van der Waals surface area (Å²) >= 11 is 0. The minimum absolute atomic E-state index is 0.343. The fourth-order valence-corrected chi connectivity index (χ4v) is 5.34. The van der Waals surface area contributed by atoms with Gasteiger partial charge in [-0.1, -0.05) is 24.3 Å². The van der Waals surface area contributed by atoms with Crippen LogP contribution in [0.3, 0.4) is 0 Å². The highest BCUT2D eigenvalue weighted by atomic mass is 32.2. The molecule has 1 heterocycles. The smallest absolute Gasteiger partial charge is 0.243 e. The van der Waals surface area contributed by atoms with Crippen LogP contribution in [-0.2, 0) is 10.0 Å². The standard InChI is InChI=1S/C23H26N2O3S/c1-17-5-4-6-23(18(17)2)24-11-13-25(14-12-24)29(26,27)22-10-8-19-15-21(28-3)9-7-20(19)16-22/h4-10,15-16H,11-14H2,1-3H3. The lowest BCUT2D eigenvalue weighted by Crippen LogP contribution is -2.48. The molecule has 0 unspecified atom stereocenters. The lowest BCUT2D eigenvalue weighted by Gasteiger charge is -2.36. The van der Waals surface area contributed by atoms with Gasteiger partial charge < -0.3 is 9.64 Å². The Balaban J connectivity index is 1.54. The van der Waals surface area contributed by atoms with Gasteiger partial charge in [-0.3, -0.25) is 0 Å². The maximum Gasteiger partial charge on any atom is 0.243 e. The molecule has 1 aliphatic heterocycles. The van der Waals surface area contributed by atoms with Crippen LogP contribution in [0.5, 0.6) is 5.75 Å². The van der Waals surface area contributed by atoms with Crippen molar-refractivity contribution in [2.45, 2.75) is 18.7 Å². The highest BCUT2D eigenvalue weighted by Crippen LogP contribution is 2.28. The van der Waals surface area contributed by atoms with E-state index in [1.807, 2.05) is 24.3 Å². The Morgan fingerprint density at radius 1 is 0.862 bits per heavy atom. The molecule has 5 nitrogen and oxygen atoms in total. The average molecular weight is 411 g/mol. The topological polar surface area (TPSA) is 49.9 Å². The van der Waals surface area contributed by atoms with Crippen LogP contribution in [0.25, 0.3) is 10.8 Å². The second-order valence-corrected chi connectivity index (χ2v) is 9.42. The number of rotatable bonds is 4. The van der Waals surface area contributed by atoms with Crippen LogP contribution in [0.4, 0.5) is 5.69 Å². The molecule has 0 spiro atoms. The molecule has 1 saturated heterocycles. The third-order valence-electron chi connectivity index (χ3n) is 5.81. The molecule has 29 heavy (non-hydrogen) atoms. The molecule has 152 valence electrons. The summed E-state index contributed by atoms with van der Waals surface area (Å²) in [4.78, 5) is 2.62. The van der Waals surface area contributed by atoms with Crippen molar-refractivity contribution in [2.75, 3.05) is 38.2 Å². The summed E-state index contributed by atoms with van der Waals surface area (Å²) in [6, 6.07) is 17.2. The van der Waals surface area contributed by atoms with Crippen molar-refractivity contribution < 1.29 is 13.2 Å². The molecule has 0 amide bonds. The number of piperazine rings is 1. The number of anilines is 1. The number of nitrogens with zero attached hydrogens (tertiary/aromatic N) is 2. The highest BCUT2D eigenvalue weighted by molar-refractivity contribution is 7.89. The second-order valence-electron chi connectivity index (χ2n) is 7.49. The summed E-state index contributed by atoms with van der Waals surface area (Å²) in [5.41, 5.74) is 3.71. The zero-order valence-electron chi connectivity index (χ0n) is 17.1. The first-order valence-corrected chi connectivity index (χ1v) is 11.2. The van der Waals surface area contributed by atoms with E-state index in [0.717, 1.165) is 16.5 Å². The summed E-state index contributed by atoms with van der Waals surface area (Å²) in [7, 11) is -1.89. The molecule has 1 aliphatic rings. The van der Waals surface area contributed by atoms with E-state index in [1.54, 1.807) is 23.5 Å². The summed E-state index contributed by atoms with van der Waals surface area (Å²) in [6.45, 7) is 6.57. The molecule has 0 N–H and O–H groups in total. The molecule has 1 fully saturated rings. The van der Waals surface area contributed by atoms with E-state index in [1.165, 1.54) is 16.8 Å². The van der Waals surface area contributed by atoms with Crippen LogP contribution in [0.15, 0.2) is 59.5 Å².